The third-order valence-corrected chi connectivity index (χ3v) is 3.37. The number of hydrogen-bond donors (Lipinski definition) is 2. The first-order chi connectivity index (χ1) is 8.70. The number of hydrogen-bond acceptors (Lipinski definition) is 5. The molecule has 2 heterocycles. The standard InChI is InChI=1S/C13H21N3O2/c1-18-10-4-5-12(15-8-10)13(17)11(14)9-16-6-2-3-7-16/h4-5,8,11,13,17H,2-3,6-7,9,14H2,1H3/t11?,13-/m0/s1. The van der Waals surface area contributed by atoms with Gasteiger partial charge in [0.1, 0.15) is 11.9 Å². The summed E-state index contributed by atoms with van der Waals surface area (Å²) in [6.07, 6.45) is 3.32. The number of nitrogens with zero attached hydrogens (tertiary/aromatic N) is 2. The summed E-state index contributed by atoms with van der Waals surface area (Å²) in [7, 11) is 1.59. The largest absolute Gasteiger partial charge is 0.495 e. The lowest BCUT2D eigenvalue weighted by atomic mass is 10.1. The van der Waals surface area contributed by atoms with Gasteiger partial charge in [0.2, 0.25) is 0 Å². The van der Waals surface area contributed by atoms with Crippen LogP contribution in [-0.2, 0) is 0 Å². The maximum absolute atomic E-state index is 10.2. The zero-order chi connectivity index (χ0) is 13.0. The Morgan fingerprint density at radius 2 is 2.17 bits per heavy atom. The van der Waals surface area contributed by atoms with E-state index in [9.17, 15) is 5.11 Å². The van der Waals surface area contributed by atoms with E-state index >= 15 is 0 Å². The van der Waals surface area contributed by atoms with Crippen molar-refractivity contribution >= 4 is 0 Å². The number of aliphatic hydroxyl groups excluding tert-OH is 1. The molecule has 0 amide bonds. The van der Waals surface area contributed by atoms with Gasteiger partial charge in [-0.2, -0.15) is 0 Å². The van der Waals surface area contributed by atoms with Crippen molar-refractivity contribution in [1.82, 2.24) is 9.88 Å². The normalized spacial score (nSPS) is 19.7. The van der Waals surface area contributed by atoms with Gasteiger partial charge in [-0.3, -0.25) is 4.98 Å². The van der Waals surface area contributed by atoms with Crippen molar-refractivity contribution in [3.05, 3.63) is 24.0 Å². The molecule has 0 saturated carbocycles. The molecule has 1 aliphatic rings. The van der Waals surface area contributed by atoms with Crippen LogP contribution < -0.4 is 10.5 Å². The van der Waals surface area contributed by atoms with E-state index in [0.717, 1.165) is 19.6 Å². The quantitative estimate of drug-likeness (QED) is 0.799. The van der Waals surface area contributed by atoms with E-state index in [2.05, 4.69) is 9.88 Å². The maximum Gasteiger partial charge on any atom is 0.137 e. The van der Waals surface area contributed by atoms with Gasteiger partial charge in [-0.15, -0.1) is 0 Å². The van der Waals surface area contributed by atoms with Gasteiger partial charge in [0.25, 0.3) is 0 Å². The number of likely N-dealkylation sites (tertiary alicyclic amines) is 1. The van der Waals surface area contributed by atoms with Crippen molar-refractivity contribution in [1.29, 1.82) is 0 Å². The van der Waals surface area contributed by atoms with Crippen LogP contribution >= 0.6 is 0 Å². The molecule has 1 aromatic rings. The van der Waals surface area contributed by atoms with Crippen molar-refractivity contribution in [3.63, 3.8) is 0 Å². The Balaban J connectivity index is 1.93. The first kappa shape index (κ1) is 13.3. The molecule has 0 aromatic carbocycles. The minimum atomic E-state index is -0.725. The van der Waals surface area contributed by atoms with Crippen molar-refractivity contribution < 1.29 is 9.84 Å². The van der Waals surface area contributed by atoms with E-state index in [4.69, 9.17) is 10.5 Å². The van der Waals surface area contributed by atoms with Crippen LogP contribution in [-0.4, -0.2) is 47.8 Å². The summed E-state index contributed by atoms with van der Waals surface area (Å²) in [5.41, 5.74) is 6.64. The van der Waals surface area contributed by atoms with Crippen molar-refractivity contribution in [3.8, 4) is 5.75 Å². The summed E-state index contributed by atoms with van der Waals surface area (Å²) in [5.74, 6) is 0.680. The predicted octanol–water partition coefficient (Wildman–Crippen LogP) is 0.547. The summed E-state index contributed by atoms with van der Waals surface area (Å²) >= 11 is 0. The molecule has 3 N–H and O–H groups in total. The van der Waals surface area contributed by atoms with Crippen molar-refractivity contribution in [2.45, 2.75) is 25.0 Å². The average Bonchev–Trinajstić information content (AvgIpc) is 2.91. The van der Waals surface area contributed by atoms with Crippen LogP contribution in [0.4, 0.5) is 0 Å². The van der Waals surface area contributed by atoms with E-state index in [1.165, 1.54) is 12.8 Å². The minimum absolute atomic E-state index is 0.302. The Kier molecular flexibility index (Phi) is 4.52. The van der Waals surface area contributed by atoms with Crippen LogP contribution in [0.2, 0.25) is 0 Å². The first-order valence-corrected chi connectivity index (χ1v) is 6.36. The highest BCUT2D eigenvalue weighted by molar-refractivity contribution is 5.21. The molecule has 2 rings (SSSR count). The van der Waals surface area contributed by atoms with E-state index in [1.807, 2.05) is 0 Å². The number of nitrogens with two attached hydrogens (primary N) is 1. The van der Waals surface area contributed by atoms with Crippen LogP contribution in [0.25, 0.3) is 0 Å². The van der Waals surface area contributed by atoms with Gasteiger partial charge in [-0.25, -0.2) is 0 Å². The second kappa shape index (κ2) is 6.13. The molecular weight excluding hydrogens is 230 g/mol. The minimum Gasteiger partial charge on any atom is -0.495 e. The molecule has 1 fully saturated rings. The molecule has 18 heavy (non-hydrogen) atoms. The lowest BCUT2D eigenvalue weighted by Crippen LogP contribution is -2.40. The number of rotatable bonds is 5. The van der Waals surface area contributed by atoms with Crippen molar-refractivity contribution in [2.75, 3.05) is 26.7 Å². The Morgan fingerprint density at radius 3 is 2.72 bits per heavy atom. The van der Waals surface area contributed by atoms with Gasteiger partial charge in [0.05, 0.1) is 19.0 Å². The molecule has 0 aliphatic carbocycles. The third-order valence-electron chi connectivity index (χ3n) is 3.37. The fourth-order valence-electron chi connectivity index (χ4n) is 2.27. The van der Waals surface area contributed by atoms with Gasteiger partial charge in [-0.1, -0.05) is 0 Å². The summed E-state index contributed by atoms with van der Waals surface area (Å²) in [6.45, 7) is 2.88. The molecule has 1 aliphatic heterocycles. The maximum atomic E-state index is 10.2. The predicted molar refractivity (Wildman–Crippen MR) is 69.4 cm³/mol. The van der Waals surface area contributed by atoms with Crippen LogP contribution in [0.5, 0.6) is 5.75 Å². The second-order valence-corrected chi connectivity index (χ2v) is 4.74. The second-order valence-electron chi connectivity index (χ2n) is 4.74. The summed E-state index contributed by atoms with van der Waals surface area (Å²) in [6, 6.07) is 3.24. The molecule has 5 nitrogen and oxygen atoms in total. The van der Waals surface area contributed by atoms with Gasteiger partial charge >= 0.3 is 0 Å². The number of methoxy groups -OCH3 is 1. The van der Waals surface area contributed by atoms with Crippen LogP contribution in [0.15, 0.2) is 18.3 Å². The highest BCUT2D eigenvalue weighted by atomic mass is 16.5. The zero-order valence-electron chi connectivity index (χ0n) is 10.7. The van der Waals surface area contributed by atoms with Gasteiger partial charge in [0.15, 0.2) is 0 Å². The van der Waals surface area contributed by atoms with Gasteiger partial charge in [-0.05, 0) is 38.1 Å². The Morgan fingerprint density at radius 1 is 1.44 bits per heavy atom. The van der Waals surface area contributed by atoms with E-state index in [0.29, 0.717) is 11.4 Å². The molecule has 1 aromatic heterocycles. The molecule has 0 spiro atoms. The average molecular weight is 251 g/mol. The Bertz CT molecular complexity index is 363. The monoisotopic (exact) mass is 251 g/mol. The molecule has 1 saturated heterocycles. The summed E-state index contributed by atoms with van der Waals surface area (Å²) in [5, 5.41) is 10.2. The zero-order valence-corrected chi connectivity index (χ0v) is 10.7. The van der Waals surface area contributed by atoms with Gasteiger partial charge in [0, 0.05) is 12.6 Å². The molecular formula is C13H21N3O2. The molecule has 2 atom stereocenters. The topological polar surface area (TPSA) is 71.6 Å². The molecule has 0 radical (unpaired) electrons. The highest BCUT2D eigenvalue weighted by Crippen LogP contribution is 2.18. The van der Waals surface area contributed by atoms with Crippen molar-refractivity contribution in [2.24, 2.45) is 5.73 Å². The third kappa shape index (κ3) is 3.19. The molecule has 5 heteroatoms. The first-order valence-electron chi connectivity index (χ1n) is 6.36. The molecule has 1 unspecified atom stereocenters. The van der Waals surface area contributed by atoms with E-state index in [1.54, 1.807) is 25.4 Å². The Hall–Kier alpha value is -1.17. The fraction of sp³-hybridized carbons (Fsp3) is 0.615. The SMILES string of the molecule is COc1ccc([C@@H](O)C(N)CN2CCCC2)nc1. The fourth-order valence-corrected chi connectivity index (χ4v) is 2.27. The van der Waals surface area contributed by atoms with E-state index < -0.39 is 6.10 Å². The number of pyridine rings is 1. The lowest BCUT2D eigenvalue weighted by Gasteiger charge is -2.24. The number of ether oxygens (including phenoxy) is 1. The lowest BCUT2D eigenvalue weighted by molar-refractivity contribution is 0.121. The molecule has 100 valence electrons. The highest BCUT2D eigenvalue weighted by Gasteiger charge is 2.22. The summed E-state index contributed by atoms with van der Waals surface area (Å²) in [4.78, 5) is 6.46. The number of aliphatic hydroxyl groups is 1. The number of aromatic nitrogens is 1. The van der Waals surface area contributed by atoms with Crippen LogP contribution in [0.3, 0.4) is 0 Å². The van der Waals surface area contributed by atoms with Crippen LogP contribution in [0, 0.1) is 0 Å². The van der Waals surface area contributed by atoms with Gasteiger partial charge < -0.3 is 20.5 Å². The Labute approximate surface area is 108 Å². The molecule has 0 bridgehead atoms. The van der Waals surface area contributed by atoms with E-state index in [-0.39, 0.29) is 6.04 Å². The summed E-state index contributed by atoms with van der Waals surface area (Å²) < 4.78 is 5.03. The smallest absolute Gasteiger partial charge is 0.137 e. The van der Waals surface area contributed by atoms with Crippen LogP contribution in [0.1, 0.15) is 24.6 Å².